The average molecular weight is 244 g/mol. The molecule has 0 aromatic heterocycles. The van der Waals surface area contributed by atoms with Gasteiger partial charge in [-0.2, -0.15) is 5.06 Å². The van der Waals surface area contributed by atoms with E-state index in [1.165, 1.54) is 0 Å². The van der Waals surface area contributed by atoms with Gasteiger partial charge in [-0.25, -0.2) is 4.79 Å². The van der Waals surface area contributed by atoms with E-state index in [0.717, 1.165) is 5.06 Å². The van der Waals surface area contributed by atoms with Gasteiger partial charge in [0.25, 0.3) is 5.91 Å². The van der Waals surface area contributed by atoms with Gasteiger partial charge in [0.1, 0.15) is 0 Å². The van der Waals surface area contributed by atoms with Gasteiger partial charge in [-0.15, -0.1) is 0 Å². The molecule has 1 saturated heterocycles. The number of allylic oxidation sites excluding steroid dienone is 1. The van der Waals surface area contributed by atoms with Crippen molar-refractivity contribution in [3.63, 3.8) is 0 Å². The van der Waals surface area contributed by atoms with E-state index in [2.05, 4.69) is 6.58 Å². The van der Waals surface area contributed by atoms with Crippen molar-refractivity contribution in [3.8, 4) is 0 Å². The molecule has 0 atom stereocenters. The highest BCUT2D eigenvalue weighted by Gasteiger charge is 2.25. The van der Waals surface area contributed by atoms with Crippen LogP contribution in [0.1, 0.15) is 26.2 Å². The summed E-state index contributed by atoms with van der Waals surface area (Å²) in [5.41, 5.74) is 0.212. The molecule has 1 fully saturated rings. The normalized spacial score (nSPS) is 16.5. The SMILES string of the molecule is C=C(Cl)C(=CCC)C(=O)ON1CCCC1=O. The van der Waals surface area contributed by atoms with E-state index in [4.69, 9.17) is 16.4 Å². The van der Waals surface area contributed by atoms with E-state index < -0.39 is 5.97 Å². The van der Waals surface area contributed by atoms with Crippen molar-refractivity contribution in [2.75, 3.05) is 6.54 Å². The summed E-state index contributed by atoms with van der Waals surface area (Å²) in [7, 11) is 0. The van der Waals surface area contributed by atoms with Crippen molar-refractivity contribution in [1.29, 1.82) is 0 Å². The van der Waals surface area contributed by atoms with Crippen molar-refractivity contribution in [3.05, 3.63) is 23.3 Å². The van der Waals surface area contributed by atoms with E-state index in [1.54, 1.807) is 6.08 Å². The van der Waals surface area contributed by atoms with Crippen molar-refractivity contribution >= 4 is 23.5 Å². The number of carbonyl (C=O) groups excluding carboxylic acids is 2. The molecule has 0 aliphatic carbocycles. The van der Waals surface area contributed by atoms with Crippen LogP contribution in [0, 0.1) is 0 Å². The third kappa shape index (κ3) is 3.10. The summed E-state index contributed by atoms with van der Waals surface area (Å²) >= 11 is 5.67. The molecule has 1 rings (SSSR count). The number of hydrogen-bond donors (Lipinski definition) is 0. The van der Waals surface area contributed by atoms with Gasteiger partial charge in [-0.3, -0.25) is 4.79 Å². The molecule has 0 unspecified atom stereocenters. The fraction of sp³-hybridized carbons (Fsp3) is 0.455. The third-order valence-corrected chi connectivity index (χ3v) is 2.35. The highest BCUT2D eigenvalue weighted by atomic mass is 35.5. The van der Waals surface area contributed by atoms with Gasteiger partial charge in [-0.05, 0) is 12.8 Å². The Morgan fingerprint density at radius 2 is 2.38 bits per heavy atom. The Morgan fingerprint density at radius 3 is 2.81 bits per heavy atom. The number of amides is 1. The molecule has 0 aromatic rings. The Morgan fingerprint density at radius 1 is 1.69 bits per heavy atom. The van der Waals surface area contributed by atoms with E-state index in [0.29, 0.717) is 25.8 Å². The molecule has 1 aliphatic heterocycles. The minimum atomic E-state index is -0.628. The molecule has 5 heteroatoms. The molecule has 1 amide bonds. The largest absolute Gasteiger partial charge is 0.364 e. The summed E-state index contributed by atoms with van der Waals surface area (Å²) in [6.45, 7) is 5.79. The lowest BCUT2D eigenvalue weighted by Crippen LogP contribution is -2.29. The Hall–Kier alpha value is -1.29. The van der Waals surface area contributed by atoms with E-state index in [-0.39, 0.29) is 16.5 Å². The van der Waals surface area contributed by atoms with Crippen LogP contribution in [-0.2, 0) is 14.4 Å². The fourth-order valence-corrected chi connectivity index (χ4v) is 1.53. The summed E-state index contributed by atoms with van der Waals surface area (Å²) in [6.07, 6.45) is 3.39. The maximum absolute atomic E-state index is 11.6. The zero-order valence-electron chi connectivity index (χ0n) is 9.16. The van der Waals surface area contributed by atoms with Crippen LogP contribution < -0.4 is 0 Å². The summed E-state index contributed by atoms with van der Waals surface area (Å²) in [5.74, 6) is -0.804. The lowest BCUT2D eigenvalue weighted by atomic mass is 10.2. The summed E-state index contributed by atoms with van der Waals surface area (Å²) in [5, 5.41) is 1.20. The Bertz CT molecular complexity index is 349. The number of hydroxylamine groups is 2. The zero-order valence-corrected chi connectivity index (χ0v) is 9.92. The second kappa shape index (κ2) is 5.70. The summed E-state index contributed by atoms with van der Waals surface area (Å²) in [6, 6.07) is 0. The van der Waals surface area contributed by atoms with Crippen molar-refractivity contribution in [2.45, 2.75) is 26.2 Å². The van der Waals surface area contributed by atoms with Gasteiger partial charge in [-0.1, -0.05) is 31.2 Å². The molecule has 0 N–H and O–H groups in total. The van der Waals surface area contributed by atoms with Gasteiger partial charge in [0, 0.05) is 11.5 Å². The van der Waals surface area contributed by atoms with Crippen LogP contribution in [0.15, 0.2) is 23.3 Å². The van der Waals surface area contributed by atoms with Crippen LogP contribution in [0.5, 0.6) is 0 Å². The number of rotatable bonds is 4. The first kappa shape index (κ1) is 12.8. The van der Waals surface area contributed by atoms with Gasteiger partial charge in [0.15, 0.2) is 0 Å². The molecule has 4 nitrogen and oxygen atoms in total. The van der Waals surface area contributed by atoms with Crippen LogP contribution in [0.4, 0.5) is 0 Å². The second-order valence-corrected chi connectivity index (χ2v) is 3.87. The number of halogens is 1. The van der Waals surface area contributed by atoms with Crippen LogP contribution in [0.25, 0.3) is 0 Å². The molecule has 0 spiro atoms. The zero-order chi connectivity index (χ0) is 12.1. The molecule has 88 valence electrons. The smallest absolute Gasteiger partial charge is 0.333 e. The first-order valence-electron chi connectivity index (χ1n) is 5.13. The second-order valence-electron chi connectivity index (χ2n) is 3.41. The minimum Gasteiger partial charge on any atom is -0.333 e. The Balaban J connectivity index is 2.66. The standard InChI is InChI=1S/C11H14ClNO3/c1-3-5-9(8(2)12)11(15)16-13-7-4-6-10(13)14/h5H,2-4,6-7H2,1H3. The Labute approximate surface area is 99.5 Å². The van der Waals surface area contributed by atoms with E-state index in [1.807, 2.05) is 6.92 Å². The predicted octanol–water partition coefficient (Wildman–Crippen LogP) is 2.16. The number of nitrogens with zero attached hydrogens (tertiary/aromatic N) is 1. The highest BCUT2D eigenvalue weighted by molar-refractivity contribution is 6.34. The van der Waals surface area contributed by atoms with E-state index >= 15 is 0 Å². The average Bonchev–Trinajstić information content (AvgIpc) is 2.60. The summed E-state index contributed by atoms with van der Waals surface area (Å²) in [4.78, 5) is 27.8. The topological polar surface area (TPSA) is 46.6 Å². The van der Waals surface area contributed by atoms with Crippen molar-refractivity contribution in [2.24, 2.45) is 0 Å². The number of carbonyl (C=O) groups is 2. The van der Waals surface area contributed by atoms with Gasteiger partial charge in [0.05, 0.1) is 12.1 Å². The Kier molecular flexibility index (Phi) is 4.55. The lowest BCUT2D eigenvalue weighted by molar-refractivity contribution is -0.188. The predicted molar refractivity (Wildman–Crippen MR) is 60.4 cm³/mol. The minimum absolute atomic E-state index is 0.124. The monoisotopic (exact) mass is 243 g/mol. The van der Waals surface area contributed by atoms with E-state index in [9.17, 15) is 9.59 Å². The quantitative estimate of drug-likeness (QED) is 0.562. The molecular weight excluding hydrogens is 230 g/mol. The molecule has 16 heavy (non-hydrogen) atoms. The number of hydrogen-bond acceptors (Lipinski definition) is 3. The maximum Gasteiger partial charge on any atom is 0.364 e. The van der Waals surface area contributed by atoms with Gasteiger partial charge in [0.2, 0.25) is 0 Å². The van der Waals surface area contributed by atoms with Gasteiger partial charge >= 0.3 is 5.97 Å². The first-order chi connectivity index (χ1) is 7.56. The van der Waals surface area contributed by atoms with Crippen LogP contribution in [0.2, 0.25) is 0 Å². The van der Waals surface area contributed by atoms with Gasteiger partial charge < -0.3 is 4.84 Å². The first-order valence-corrected chi connectivity index (χ1v) is 5.51. The third-order valence-electron chi connectivity index (χ3n) is 2.14. The molecule has 0 radical (unpaired) electrons. The fourth-order valence-electron chi connectivity index (χ4n) is 1.38. The molecule has 0 saturated carbocycles. The highest BCUT2D eigenvalue weighted by Crippen LogP contribution is 2.18. The van der Waals surface area contributed by atoms with Crippen molar-refractivity contribution in [1.82, 2.24) is 5.06 Å². The van der Waals surface area contributed by atoms with Crippen LogP contribution >= 0.6 is 11.6 Å². The van der Waals surface area contributed by atoms with Crippen LogP contribution in [-0.4, -0.2) is 23.5 Å². The summed E-state index contributed by atoms with van der Waals surface area (Å²) < 4.78 is 0. The molecule has 0 bridgehead atoms. The molecule has 1 heterocycles. The van der Waals surface area contributed by atoms with Crippen LogP contribution in [0.3, 0.4) is 0 Å². The molecule has 0 aromatic carbocycles. The molecular formula is C11H14ClNO3. The van der Waals surface area contributed by atoms with Crippen molar-refractivity contribution < 1.29 is 14.4 Å². The molecule has 1 aliphatic rings. The lowest BCUT2D eigenvalue weighted by Gasteiger charge is -2.15. The maximum atomic E-state index is 11.6.